The Morgan fingerprint density at radius 1 is 1.13 bits per heavy atom. The van der Waals surface area contributed by atoms with Crippen LogP contribution in [0.5, 0.6) is 0 Å². The van der Waals surface area contributed by atoms with Crippen molar-refractivity contribution in [3.63, 3.8) is 0 Å². The highest BCUT2D eigenvalue weighted by Crippen LogP contribution is 2.18. The van der Waals surface area contributed by atoms with Gasteiger partial charge in [-0.2, -0.15) is 0 Å². The van der Waals surface area contributed by atoms with Gasteiger partial charge in [-0.3, -0.25) is 9.59 Å². The number of rotatable bonds is 6. The molecule has 0 saturated carbocycles. The lowest BCUT2D eigenvalue weighted by Gasteiger charge is -2.07. The van der Waals surface area contributed by atoms with E-state index in [-0.39, 0.29) is 28.8 Å². The van der Waals surface area contributed by atoms with Crippen LogP contribution in [0.4, 0.5) is 14.5 Å². The standard InChI is InChI=1S/C17H15F2NO2S/c1-11(21)12-4-2-6-14(8-12)20-16(22)10-23-9-13-5-3-7-15(18)17(13)19/h2-8H,9-10H2,1H3,(H,20,22). The number of hydrogen-bond donors (Lipinski definition) is 1. The van der Waals surface area contributed by atoms with E-state index in [1.165, 1.54) is 30.8 Å². The molecule has 3 nitrogen and oxygen atoms in total. The van der Waals surface area contributed by atoms with Crippen molar-refractivity contribution in [2.45, 2.75) is 12.7 Å². The SMILES string of the molecule is CC(=O)c1cccc(NC(=O)CSCc2cccc(F)c2F)c1. The van der Waals surface area contributed by atoms with Gasteiger partial charge in [-0.15, -0.1) is 11.8 Å². The Morgan fingerprint density at radius 3 is 2.61 bits per heavy atom. The van der Waals surface area contributed by atoms with E-state index in [0.29, 0.717) is 11.3 Å². The summed E-state index contributed by atoms with van der Waals surface area (Å²) >= 11 is 1.18. The van der Waals surface area contributed by atoms with E-state index in [1.54, 1.807) is 24.3 Å². The van der Waals surface area contributed by atoms with E-state index >= 15 is 0 Å². The molecular weight excluding hydrogens is 320 g/mol. The first kappa shape index (κ1) is 17.1. The summed E-state index contributed by atoms with van der Waals surface area (Å²) in [6.07, 6.45) is 0. The number of halogens is 2. The second-order valence-electron chi connectivity index (χ2n) is 4.89. The van der Waals surface area contributed by atoms with Crippen LogP contribution in [0.25, 0.3) is 0 Å². The summed E-state index contributed by atoms with van der Waals surface area (Å²) < 4.78 is 26.5. The number of Topliss-reactive ketones (excluding diaryl/α,β-unsaturated/α-hetero) is 1. The van der Waals surface area contributed by atoms with Crippen molar-refractivity contribution >= 4 is 29.1 Å². The summed E-state index contributed by atoms with van der Waals surface area (Å²) in [7, 11) is 0. The number of hydrogen-bond acceptors (Lipinski definition) is 3. The van der Waals surface area contributed by atoms with Gasteiger partial charge in [0.05, 0.1) is 5.75 Å². The lowest BCUT2D eigenvalue weighted by Crippen LogP contribution is -2.14. The number of thioether (sulfide) groups is 1. The normalized spacial score (nSPS) is 10.4. The predicted octanol–water partition coefficient (Wildman–Crippen LogP) is 4.04. The maximum atomic E-state index is 13.5. The number of nitrogens with one attached hydrogen (secondary N) is 1. The largest absolute Gasteiger partial charge is 0.325 e. The molecule has 0 aliphatic carbocycles. The molecule has 0 radical (unpaired) electrons. The first-order valence-corrected chi connectivity index (χ1v) is 8.04. The first-order valence-electron chi connectivity index (χ1n) is 6.89. The second kappa shape index (κ2) is 7.87. The van der Waals surface area contributed by atoms with Gasteiger partial charge in [0, 0.05) is 22.6 Å². The Bertz CT molecular complexity index is 734. The van der Waals surface area contributed by atoms with Crippen LogP contribution in [0.2, 0.25) is 0 Å². The summed E-state index contributed by atoms with van der Waals surface area (Å²) in [5, 5.41) is 2.67. The molecule has 0 saturated heterocycles. The molecule has 0 aliphatic rings. The zero-order valence-corrected chi connectivity index (χ0v) is 13.3. The number of benzene rings is 2. The zero-order valence-electron chi connectivity index (χ0n) is 12.4. The molecule has 1 N–H and O–H groups in total. The summed E-state index contributed by atoms with van der Waals surface area (Å²) in [5.74, 6) is -1.84. The summed E-state index contributed by atoms with van der Waals surface area (Å²) in [6, 6.07) is 10.6. The van der Waals surface area contributed by atoms with E-state index < -0.39 is 11.6 Å². The van der Waals surface area contributed by atoms with Crippen LogP contribution in [-0.2, 0) is 10.5 Å². The van der Waals surface area contributed by atoms with Crippen molar-refractivity contribution in [3.05, 3.63) is 65.2 Å². The fraction of sp³-hybridized carbons (Fsp3) is 0.176. The van der Waals surface area contributed by atoms with E-state index in [2.05, 4.69) is 5.32 Å². The first-order chi connectivity index (χ1) is 11.0. The third-order valence-corrected chi connectivity index (χ3v) is 4.06. The number of carbonyl (C=O) groups excluding carboxylic acids is 2. The molecule has 23 heavy (non-hydrogen) atoms. The Morgan fingerprint density at radius 2 is 1.87 bits per heavy atom. The molecule has 0 heterocycles. The van der Waals surface area contributed by atoms with Crippen LogP contribution in [0.1, 0.15) is 22.8 Å². The smallest absolute Gasteiger partial charge is 0.234 e. The molecule has 6 heteroatoms. The van der Waals surface area contributed by atoms with Gasteiger partial charge in [0.25, 0.3) is 0 Å². The Labute approximate surface area is 137 Å². The van der Waals surface area contributed by atoms with Crippen molar-refractivity contribution in [1.29, 1.82) is 0 Å². The van der Waals surface area contributed by atoms with Crippen LogP contribution >= 0.6 is 11.8 Å². The summed E-state index contributed by atoms with van der Waals surface area (Å²) in [5.41, 5.74) is 1.26. The van der Waals surface area contributed by atoms with Crippen molar-refractivity contribution in [1.82, 2.24) is 0 Å². The molecule has 0 spiro atoms. The fourth-order valence-electron chi connectivity index (χ4n) is 1.93. The van der Waals surface area contributed by atoms with Gasteiger partial charge < -0.3 is 5.32 Å². The van der Waals surface area contributed by atoms with Gasteiger partial charge >= 0.3 is 0 Å². The highest BCUT2D eigenvalue weighted by Gasteiger charge is 2.09. The molecule has 1 amide bonds. The Kier molecular flexibility index (Phi) is 5.87. The van der Waals surface area contributed by atoms with Gasteiger partial charge in [-0.25, -0.2) is 8.78 Å². The van der Waals surface area contributed by atoms with Gasteiger partial charge in [0.2, 0.25) is 5.91 Å². The van der Waals surface area contributed by atoms with E-state index in [0.717, 1.165) is 6.07 Å². The molecule has 0 atom stereocenters. The minimum Gasteiger partial charge on any atom is -0.325 e. The zero-order chi connectivity index (χ0) is 16.8. The molecule has 2 aromatic carbocycles. The van der Waals surface area contributed by atoms with Crippen molar-refractivity contribution < 1.29 is 18.4 Å². The van der Waals surface area contributed by atoms with Crippen molar-refractivity contribution in [2.75, 3.05) is 11.1 Å². The maximum Gasteiger partial charge on any atom is 0.234 e. The molecule has 0 aromatic heterocycles. The third kappa shape index (κ3) is 4.89. The lowest BCUT2D eigenvalue weighted by atomic mass is 10.1. The van der Waals surface area contributed by atoms with E-state index in [9.17, 15) is 18.4 Å². The maximum absolute atomic E-state index is 13.5. The Balaban J connectivity index is 1.87. The van der Waals surface area contributed by atoms with Gasteiger partial charge in [-0.05, 0) is 25.1 Å². The van der Waals surface area contributed by atoms with Gasteiger partial charge in [-0.1, -0.05) is 24.3 Å². The van der Waals surface area contributed by atoms with Crippen LogP contribution in [0.3, 0.4) is 0 Å². The quantitative estimate of drug-likeness (QED) is 0.811. The van der Waals surface area contributed by atoms with E-state index in [4.69, 9.17) is 0 Å². The van der Waals surface area contributed by atoms with E-state index in [1.807, 2.05) is 0 Å². The predicted molar refractivity (Wildman–Crippen MR) is 87.6 cm³/mol. The van der Waals surface area contributed by atoms with Crippen LogP contribution in [-0.4, -0.2) is 17.4 Å². The van der Waals surface area contributed by atoms with Crippen LogP contribution in [0.15, 0.2) is 42.5 Å². The molecule has 2 aromatic rings. The topological polar surface area (TPSA) is 46.2 Å². The minimum atomic E-state index is -0.895. The Hall–Kier alpha value is -2.21. The van der Waals surface area contributed by atoms with Gasteiger partial charge in [0.15, 0.2) is 17.4 Å². The lowest BCUT2D eigenvalue weighted by molar-refractivity contribution is -0.113. The number of carbonyl (C=O) groups is 2. The van der Waals surface area contributed by atoms with Gasteiger partial charge in [0.1, 0.15) is 0 Å². The fourth-order valence-corrected chi connectivity index (χ4v) is 2.73. The van der Waals surface area contributed by atoms with Crippen LogP contribution < -0.4 is 5.32 Å². The number of anilines is 1. The molecular formula is C17H15F2NO2S. The molecule has 0 bridgehead atoms. The number of amides is 1. The second-order valence-corrected chi connectivity index (χ2v) is 5.88. The molecule has 0 fully saturated rings. The minimum absolute atomic E-state index is 0.0861. The average molecular weight is 335 g/mol. The average Bonchev–Trinajstić information content (AvgIpc) is 2.51. The summed E-state index contributed by atoms with van der Waals surface area (Å²) in [4.78, 5) is 23.1. The van der Waals surface area contributed by atoms with Crippen LogP contribution in [0, 0.1) is 11.6 Å². The van der Waals surface area contributed by atoms with Crippen molar-refractivity contribution in [3.8, 4) is 0 Å². The molecule has 2 rings (SSSR count). The highest BCUT2D eigenvalue weighted by molar-refractivity contribution is 7.99. The monoisotopic (exact) mass is 335 g/mol. The van der Waals surface area contributed by atoms with Crippen molar-refractivity contribution in [2.24, 2.45) is 0 Å². The highest BCUT2D eigenvalue weighted by atomic mass is 32.2. The molecule has 0 aliphatic heterocycles. The summed E-state index contributed by atoms with van der Waals surface area (Å²) in [6.45, 7) is 1.45. The third-order valence-electron chi connectivity index (χ3n) is 3.08. The molecule has 120 valence electrons. The number of ketones is 1. The molecule has 0 unspecified atom stereocenters.